The minimum absolute atomic E-state index is 0.147. The molecule has 0 aliphatic heterocycles. The Hall–Kier alpha value is -2.20. The molecule has 0 spiro atoms. The van der Waals surface area contributed by atoms with Crippen molar-refractivity contribution >= 4 is 61.7 Å². The second kappa shape index (κ2) is 9.95. The van der Waals surface area contributed by atoms with Gasteiger partial charge in [0.05, 0.1) is 16.5 Å². The van der Waals surface area contributed by atoms with Crippen LogP contribution < -0.4 is 5.32 Å². The molecule has 0 aliphatic carbocycles. The van der Waals surface area contributed by atoms with Crippen molar-refractivity contribution in [1.82, 2.24) is 19.7 Å². The molecule has 6 nitrogen and oxygen atoms in total. The molecule has 1 N–H and O–H groups in total. The number of nitrogens with zero attached hydrogens (tertiary/aromatic N) is 4. The van der Waals surface area contributed by atoms with Crippen LogP contribution in [0.25, 0.3) is 22.6 Å². The summed E-state index contributed by atoms with van der Waals surface area (Å²) in [5.74, 6) is 0.745. The van der Waals surface area contributed by atoms with Crippen LogP contribution in [-0.4, -0.2) is 31.4 Å². The van der Waals surface area contributed by atoms with Crippen LogP contribution in [0, 0.1) is 0 Å². The zero-order valence-corrected chi connectivity index (χ0v) is 20.4. The van der Waals surface area contributed by atoms with Crippen LogP contribution in [-0.2, 0) is 11.3 Å². The van der Waals surface area contributed by atoms with Crippen LogP contribution in [0.1, 0.15) is 6.92 Å². The fourth-order valence-electron chi connectivity index (χ4n) is 2.89. The summed E-state index contributed by atoms with van der Waals surface area (Å²) in [4.78, 5) is 17.0. The average Bonchev–Trinajstić information content (AvgIpc) is 3.40. The third kappa shape index (κ3) is 5.17. The van der Waals surface area contributed by atoms with E-state index in [1.165, 1.54) is 23.1 Å². The third-order valence-corrected chi connectivity index (χ3v) is 6.95. The number of carbonyl (C=O) groups is 1. The molecule has 0 radical (unpaired) electrons. The molecular formula is C21H17BrClN5OS2. The van der Waals surface area contributed by atoms with E-state index < -0.39 is 0 Å². The van der Waals surface area contributed by atoms with Crippen molar-refractivity contribution < 1.29 is 4.79 Å². The average molecular weight is 535 g/mol. The zero-order valence-electron chi connectivity index (χ0n) is 16.4. The largest absolute Gasteiger partial charge is 0.302 e. The molecule has 4 rings (SSSR count). The van der Waals surface area contributed by atoms with Gasteiger partial charge in [0.1, 0.15) is 0 Å². The summed E-state index contributed by atoms with van der Waals surface area (Å²) in [6, 6.07) is 15.4. The lowest BCUT2D eigenvalue weighted by atomic mass is 10.2. The first-order chi connectivity index (χ1) is 15.0. The van der Waals surface area contributed by atoms with E-state index in [0.29, 0.717) is 27.7 Å². The normalized spacial score (nSPS) is 10.9. The minimum atomic E-state index is -0.147. The van der Waals surface area contributed by atoms with E-state index >= 15 is 0 Å². The van der Waals surface area contributed by atoms with Crippen LogP contribution in [0.2, 0.25) is 5.02 Å². The number of anilines is 1. The van der Waals surface area contributed by atoms with E-state index in [-0.39, 0.29) is 11.7 Å². The molecule has 0 saturated heterocycles. The van der Waals surface area contributed by atoms with Gasteiger partial charge >= 0.3 is 0 Å². The first-order valence-electron chi connectivity index (χ1n) is 9.37. The lowest BCUT2D eigenvalue weighted by Gasteiger charge is -2.08. The fraction of sp³-hybridized carbons (Fsp3) is 0.143. The number of hydrogen-bond acceptors (Lipinski definition) is 6. The molecule has 0 unspecified atom stereocenters. The first kappa shape index (κ1) is 22.0. The molecule has 2 aromatic heterocycles. The topological polar surface area (TPSA) is 72.7 Å². The van der Waals surface area contributed by atoms with Crippen molar-refractivity contribution in [3.8, 4) is 22.6 Å². The van der Waals surface area contributed by atoms with Crippen molar-refractivity contribution in [1.29, 1.82) is 0 Å². The van der Waals surface area contributed by atoms with Gasteiger partial charge in [-0.3, -0.25) is 4.79 Å². The number of benzene rings is 2. The van der Waals surface area contributed by atoms with Gasteiger partial charge in [-0.1, -0.05) is 63.6 Å². The van der Waals surface area contributed by atoms with E-state index in [9.17, 15) is 4.79 Å². The SMILES string of the molecule is CCn1c(SCC(=O)Nc2nc(-c3ccc(Br)cc3)cs2)nnc1-c1ccccc1Cl. The Bertz CT molecular complexity index is 1210. The third-order valence-electron chi connectivity index (χ3n) is 4.37. The summed E-state index contributed by atoms with van der Waals surface area (Å²) in [7, 11) is 0. The number of aromatic nitrogens is 4. The smallest absolute Gasteiger partial charge is 0.236 e. The van der Waals surface area contributed by atoms with Crippen molar-refractivity contribution in [2.45, 2.75) is 18.6 Å². The van der Waals surface area contributed by atoms with Crippen LogP contribution >= 0.6 is 50.6 Å². The van der Waals surface area contributed by atoms with Crippen molar-refractivity contribution in [3.63, 3.8) is 0 Å². The summed E-state index contributed by atoms with van der Waals surface area (Å²) in [6.07, 6.45) is 0. The Kier molecular flexibility index (Phi) is 7.06. The highest BCUT2D eigenvalue weighted by molar-refractivity contribution is 9.10. The van der Waals surface area contributed by atoms with Gasteiger partial charge in [-0.2, -0.15) is 0 Å². The summed E-state index contributed by atoms with van der Waals surface area (Å²) in [5.41, 5.74) is 2.64. The Labute approximate surface area is 201 Å². The monoisotopic (exact) mass is 533 g/mol. The number of amides is 1. The molecule has 0 aliphatic rings. The van der Waals surface area contributed by atoms with Crippen molar-refractivity contribution in [3.05, 3.63) is 63.4 Å². The predicted molar refractivity (Wildman–Crippen MR) is 131 cm³/mol. The number of rotatable bonds is 7. The Balaban J connectivity index is 1.41. The van der Waals surface area contributed by atoms with Crippen LogP contribution in [0.4, 0.5) is 5.13 Å². The molecular weight excluding hydrogens is 518 g/mol. The standard InChI is InChI=1S/C21H17BrClN5OS2/c1-2-28-19(15-5-3-4-6-16(15)23)26-27-21(28)31-12-18(29)25-20-24-17(11-30-20)13-7-9-14(22)10-8-13/h3-11H,2,12H2,1H3,(H,24,25,29). The second-order valence-corrected chi connectivity index (χ2v) is 9.54. The summed E-state index contributed by atoms with van der Waals surface area (Å²) in [6.45, 7) is 2.67. The molecule has 0 fully saturated rings. The van der Waals surface area contributed by atoms with Gasteiger partial charge in [0, 0.05) is 27.5 Å². The van der Waals surface area contributed by atoms with Crippen LogP contribution in [0.3, 0.4) is 0 Å². The molecule has 0 bridgehead atoms. The van der Waals surface area contributed by atoms with Crippen LogP contribution in [0.15, 0.2) is 63.5 Å². The molecule has 10 heteroatoms. The van der Waals surface area contributed by atoms with E-state index in [1.54, 1.807) is 0 Å². The summed E-state index contributed by atoms with van der Waals surface area (Å²) in [5, 5.41) is 15.2. The molecule has 2 heterocycles. The molecule has 4 aromatic rings. The van der Waals surface area contributed by atoms with Crippen molar-refractivity contribution in [2.75, 3.05) is 11.1 Å². The van der Waals surface area contributed by atoms with Gasteiger partial charge in [-0.15, -0.1) is 21.5 Å². The van der Waals surface area contributed by atoms with Crippen molar-refractivity contribution in [2.24, 2.45) is 0 Å². The first-order valence-corrected chi connectivity index (χ1v) is 12.4. The highest BCUT2D eigenvalue weighted by Gasteiger charge is 2.17. The highest BCUT2D eigenvalue weighted by atomic mass is 79.9. The van der Waals surface area contributed by atoms with E-state index in [0.717, 1.165) is 21.3 Å². The molecule has 31 heavy (non-hydrogen) atoms. The van der Waals surface area contributed by atoms with E-state index in [1.807, 2.05) is 65.4 Å². The maximum Gasteiger partial charge on any atom is 0.236 e. The maximum absolute atomic E-state index is 12.5. The Morgan fingerprint density at radius 1 is 1.19 bits per heavy atom. The number of thioether (sulfide) groups is 1. The minimum Gasteiger partial charge on any atom is -0.302 e. The quantitative estimate of drug-likeness (QED) is 0.284. The van der Waals surface area contributed by atoms with Gasteiger partial charge in [-0.25, -0.2) is 4.98 Å². The van der Waals surface area contributed by atoms with Gasteiger partial charge in [0.2, 0.25) is 5.91 Å². The maximum atomic E-state index is 12.5. The number of carbonyl (C=O) groups excluding carboxylic acids is 1. The summed E-state index contributed by atoms with van der Waals surface area (Å²) < 4.78 is 2.96. The van der Waals surface area contributed by atoms with E-state index in [2.05, 4.69) is 36.4 Å². The molecule has 2 aromatic carbocycles. The Morgan fingerprint density at radius 2 is 1.97 bits per heavy atom. The fourth-order valence-corrected chi connectivity index (χ4v) is 4.91. The van der Waals surface area contributed by atoms with Gasteiger partial charge in [-0.05, 0) is 31.2 Å². The number of halogens is 2. The molecule has 0 atom stereocenters. The number of hydrogen-bond donors (Lipinski definition) is 1. The van der Waals surface area contributed by atoms with Gasteiger partial charge < -0.3 is 9.88 Å². The molecule has 1 amide bonds. The highest BCUT2D eigenvalue weighted by Crippen LogP contribution is 2.30. The van der Waals surface area contributed by atoms with Crippen LogP contribution in [0.5, 0.6) is 0 Å². The lowest BCUT2D eigenvalue weighted by molar-refractivity contribution is -0.113. The Morgan fingerprint density at radius 3 is 2.71 bits per heavy atom. The van der Waals surface area contributed by atoms with Gasteiger partial charge in [0.15, 0.2) is 16.1 Å². The molecule has 158 valence electrons. The second-order valence-electron chi connectivity index (χ2n) is 6.41. The van der Waals surface area contributed by atoms with Gasteiger partial charge in [0.25, 0.3) is 0 Å². The lowest BCUT2D eigenvalue weighted by Crippen LogP contribution is -2.14. The zero-order chi connectivity index (χ0) is 21.8. The molecule has 0 saturated carbocycles. The number of nitrogens with one attached hydrogen (secondary N) is 1. The number of thiazole rings is 1. The van der Waals surface area contributed by atoms with E-state index in [4.69, 9.17) is 11.6 Å². The summed E-state index contributed by atoms with van der Waals surface area (Å²) >= 11 is 12.5. The predicted octanol–water partition coefficient (Wildman–Crippen LogP) is 6.24.